The molecule has 0 spiro atoms. The van der Waals surface area contributed by atoms with E-state index in [1.165, 1.54) is 6.20 Å². The molecule has 0 saturated carbocycles. The molecular formula is C33H36F3N9O3. The van der Waals surface area contributed by atoms with Gasteiger partial charge in [-0.15, -0.1) is 0 Å². The first kappa shape index (κ1) is 32.9. The minimum atomic E-state index is -4.74. The third-order valence-electron chi connectivity index (χ3n) is 8.80. The summed E-state index contributed by atoms with van der Waals surface area (Å²) in [5, 5.41) is 12.0. The highest BCUT2D eigenvalue weighted by Gasteiger charge is 2.39. The lowest BCUT2D eigenvalue weighted by Gasteiger charge is -2.36. The minimum Gasteiger partial charge on any atom is -0.345 e. The number of benzene rings is 1. The maximum Gasteiger partial charge on any atom is 0.435 e. The van der Waals surface area contributed by atoms with Gasteiger partial charge in [-0.3, -0.25) is 24.5 Å². The normalized spacial score (nSPS) is 16.7. The molecule has 4 N–H and O–H groups in total. The fourth-order valence-electron chi connectivity index (χ4n) is 6.22. The van der Waals surface area contributed by atoms with Crippen LogP contribution in [0.3, 0.4) is 0 Å². The summed E-state index contributed by atoms with van der Waals surface area (Å²) in [4.78, 5) is 53.6. The molecule has 0 unspecified atom stereocenters. The molecule has 15 heteroatoms. The van der Waals surface area contributed by atoms with Crippen molar-refractivity contribution in [1.29, 1.82) is 0 Å². The number of hydrogen-bond donors (Lipinski definition) is 4. The van der Waals surface area contributed by atoms with Gasteiger partial charge in [-0.1, -0.05) is 25.1 Å². The number of aromatic nitrogens is 5. The second-order valence-corrected chi connectivity index (χ2v) is 11.9. The van der Waals surface area contributed by atoms with Crippen molar-refractivity contribution in [3.63, 3.8) is 0 Å². The molecule has 48 heavy (non-hydrogen) atoms. The van der Waals surface area contributed by atoms with Crippen LogP contribution in [0, 0.1) is 5.92 Å². The molecule has 1 aromatic carbocycles. The monoisotopic (exact) mass is 663 g/mol. The Bertz CT molecular complexity index is 1770. The molecule has 4 aromatic rings. The number of nitrogens with zero attached hydrogens (tertiary/aromatic N) is 5. The number of hydrogen-bond acceptors (Lipinski definition) is 7. The number of pyridine rings is 1. The number of carbonyl (C=O) groups is 3. The van der Waals surface area contributed by atoms with Crippen LogP contribution in [0.4, 0.5) is 13.2 Å². The van der Waals surface area contributed by atoms with E-state index in [1.54, 1.807) is 41.6 Å². The summed E-state index contributed by atoms with van der Waals surface area (Å²) in [5.74, 6) is -0.699. The first-order chi connectivity index (χ1) is 23.1. The lowest BCUT2D eigenvalue weighted by Crippen LogP contribution is -2.52. The Kier molecular flexibility index (Phi) is 9.57. The van der Waals surface area contributed by atoms with Gasteiger partial charge in [0, 0.05) is 69.3 Å². The Balaban J connectivity index is 1.09. The van der Waals surface area contributed by atoms with Gasteiger partial charge >= 0.3 is 6.18 Å². The van der Waals surface area contributed by atoms with Gasteiger partial charge in [-0.25, -0.2) is 4.98 Å². The van der Waals surface area contributed by atoms with Crippen LogP contribution in [0.5, 0.6) is 0 Å². The van der Waals surface area contributed by atoms with E-state index in [0.29, 0.717) is 50.3 Å². The molecule has 0 radical (unpaired) electrons. The van der Waals surface area contributed by atoms with E-state index in [4.69, 9.17) is 0 Å². The first-order valence-corrected chi connectivity index (χ1v) is 15.9. The molecule has 5 heterocycles. The van der Waals surface area contributed by atoms with Gasteiger partial charge < -0.3 is 25.4 Å². The molecule has 3 aromatic heterocycles. The van der Waals surface area contributed by atoms with Crippen molar-refractivity contribution in [2.75, 3.05) is 39.3 Å². The standard InChI is InChI=1S/C33H36F3N9O3/c1-2-22-14-21(5-6-24(22)32(48)45-12-10-44(11-13-45)31(47)23-7-9-38-18-23)17-40-30(46)29-39-19-26(41-29)27-25(15-20-4-3-8-37-16-20)42-43-28(27)33(34,35)36/h3-6,8,14,16,19,23,38H,2,7,9-13,15,17-18H2,1H3,(H,39,41)(H,40,46)(H,42,43)/t23-/m1/s1. The molecule has 2 fully saturated rings. The summed E-state index contributed by atoms with van der Waals surface area (Å²) < 4.78 is 41.6. The second kappa shape index (κ2) is 14.0. The van der Waals surface area contributed by atoms with Crippen molar-refractivity contribution >= 4 is 17.7 Å². The molecule has 2 saturated heterocycles. The van der Waals surface area contributed by atoms with Crippen LogP contribution in [0.2, 0.25) is 0 Å². The second-order valence-electron chi connectivity index (χ2n) is 11.9. The summed E-state index contributed by atoms with van der Waals surface area (Å²) in [7, 11) is 0. The number of nitrogens with one attached hydrogen (secondary N) is 4. The summed E-state index contributed by atoms with van der Waals surface area (Å²) in [5.41, 5.74) is 1.69. The molecule has 12 nitrogen and oxygen atoms in total. The third kappa shape index (κ3) is 7.10. The van der Waals surface area contributed by atoms with Crippen LogP contribution in [0.25, 0.3) is 11.3 Å². The third-order valence-corrected chi connectivity index (χ3v) is 8.80. The highest BCUT2D eigenvalue weighted by Crippen LogP contribution is 2.37. The number of alkyl halides is 3. The van der Waals surface area contributed by atoms with Gasteiger partial charge in [0.15, 0.2) is 11.5 Å². The molecule has 252 valence electrons. The Labute approximate surface area is 274 Å². The van der Waals surface area contributed by atoms with Crippen molar-refractivity contribution < 1.29 is 27.6 Å². The predicted molar refractivity (Wildman–Crippen MR) is 169 cm³/mol. The number of piperazine rings is 1. The van der Waals surface area contributed by atoms with Crippen LogP contribution in [0.15, 0.2) is 48.9 Å². The Morgan fingerprint density at radius 3 is 2.52 bits per heavy atom. The number of carbonyl (C=O) groups excluding carboxylic acids is 3. The summed E-state index contributed by atoms with van der Waals surface area (Å²) in [6, 6.07) is 8.80. The largest absolute Gasteiger partial charge is 0.435 e. The van der Waals surface area contributed by atoms with Crippen LogP contribution >= 0.6 is 0 Å². The number of imidazole rings is 1. The van der Waals surface area contributed by atoms with E-state index in [1.807, 2.05) is 17.9 Å². The quantitative estimate of drug-likeness (QED) is 0.215. The maximum absolute atomic E-state index is 13.9. The highest BCUT2D eigenvalue weighted by molar-refractivity contribution is 5.96. The fourth-order valence-corrected chi connectivity index (χ4v) is 6.22. The van der Waals surface area contributed by atoms with E-state index >= 15 is 0 Å². The highest BCUT2D eigenvalue weighted by atomic mass is 19.4. The van der Waals surface area contributed by atoms with Crippen LogP contribution in [0.1, 0.15) is 62.4 Å². The Morgan fingerprint density at radius 2 is 1.83 bits per heavy atom. The molecule has 2 aliphatic rings. The number of halogens is 3. The zero-order valence-electron chi connectivity index (χ0n) is 26.4. The topological polar surface area (TPSA) is 152 Å². The zero-order chi connectivity index (χ0) is 33.8. The average molecular weight is 664 g/mol. The molecule has 0 aliphatic carbocycles. The van der Waals surface area contributed by atoms with Crippen LogP contribution in [-0.2, 0) is 30.4 Å². The lowest BCUT2D eigenvalue weighted by atomic mass is 10.00. The predicted octanol–water partition coefficient (Wildman–Crippen LogP) is 3.19. The van der Waals surface area contributed by atoms with E-state index < -0.39 is 17.8 Å². The van der Waals surface area contributed by atoms with Crippen molar-refractivity contribution in [3.8, 4) is 11.3 Å². The maximum atomic E-state index is 13.9. The Morgan fingerprint density at radius 1 is 1.04 bits per heavy atom. The first-order valence-electron chi connectivity index (χ1n) is 15.9. The number of aromatic amines is 2. The summed E-state index contributed by atoms with van der Waals surface area (Å²) in [6.07, 6.45) is 1.10. The van der Waals surface area contributed by atoms with Gasteiger partial charge in [0.2, 0.25) is 5.91 Å². The van der Waals surface area contributed by atoms with Crippen molar-refractivity contribution in [1.82, 2.24) is 45.6 Å². The number of H-pyrrole nitrogens is 2. The fraction of sp³-hybridized carbons (Fsp3) is 0.394. The molecule has 3 amide bonds. The zero-order valence-corrected chi connectivity index (χ0v) is 26.4. The van der Waals surface area contributed by atoms with E-state index in [-0.39, 0.29) is 53.5 Å². The van der Waals surface area contributed by atoms with E-state index in [2.05, 4.69) is 35.8 Å². The summed E-state index contributed by atoms with van der Waals surface area (Å²) in [6.45, 7) is 5.55. The van der Waals surface area contributed by atoms with Crippen molar-refractivity contribution in [2.45, 2.75) is 38.9 Å². The van der Waals surface area contributed by atoms with Gasteiger partial charge in [-0.05, 0) is 48.2 Å². The molecule has 2 aliphatic heterocycles. The van der Waals surface area contributed by atoms with E-state index in [0.717, 1.165) is 24.1 Å². The lowest BCUT2D eigenvalue weighted by molar-refractivity contribution is -0.140. The van der Waals surface area contributed by atoms with Gasteiger partial charge in [-0.2, -0.15) is 18.3 Å². The molecular weight excluding hydrogens is 627 g/mol. The molecule has 0 bridgehead atoms. The summed E-state index contributed by atoms with van der Waals surface area (Å²) >= 11 is 0. The Hall–Kier alpha value is -5.05. The van der Waals surface area contributed by atoms with Crippen LogP contribution < -0.4 is 10.6 Å². The van der Waals surface area contributed by atoms with Gasteiger partial charge in [0.05, 0.1) is 23.4 Å². The van der Waals surface area contributed by atoms with Gasteiger partial charge in [0.25, 0.3) is 11.8 Å². The molecule has 6 rings (SSSR count). The number of aryl methyl sites for hydroxylation is 1. The average Bonchev–Trinajstić information content (AvgIpc) is 3.89. The number of amides is 3. The smallest absolute Gasteiger partial charge is 0.345 e. The minimum absolute atomic E-state index is 0.00278. The van der Waals surface area contributed by atoms with Crippen LogP contribution in [-0.4, -0.2) is 91.9 Å². The van der Waals surface area contributed by atoms with Crippen molar-refractivity contribution in [2.24, 2.45) is 5.92 Å². The van der Waals surface area contributed by atoms with E-state index in [9.17, 15) is 27.6 Å². The van der Waals surface area contributed by atoms with Gasteiger partial charge in [0.1, 0.15) is 0 Å². The number of rotatable bonds is 9. The SMILES string of the molecule is CCc1cc(CNC(=O)c2ncc(-c3c(C(F)(F)F)n[nH]c3Cc3cccnc3)[nH]2)ccc1C(=O)N1CCN(C(=O)[C@@H]2CCNC2)CC1. The van der Waals surface area contributed by atoms with Crippen molar-refractivity contribution in [3.05, 3.63) is 88.4 Å². The molecule has 1 atom stereocenters.